The van der Waals surface area contributed by atoms with E-state index in [-0.39, 0.29) is 11.5 Å². The largest absolute Gasteiger partial charge is 0.378 e. The summed E-state index contributed by atoms with van der Waals surface area (Å²) < 4.78 is 5.86. The van der Waals surface area contributed by atoms with Crippen LogP contribution >= 0.6 is 15.9 Å². The number of hydrogen-bond donors (Lipinski definition) is 2. The van der Waals surface area contributed by atoms with Gasteiger partial charge >= 0.3 is 0 Å². The zero-order valence-corrected chi connectivity index (χ0v) is 9.13. The third-order valence-electron chi connectivity index (χ3n) is 2.23. The van der Waals surface area contributed by atoms with Gasteiger partial charge in [-0.1, -0.05) is 0 Å². The van der Waals surface area contributed by atoms with E-state index >= 15 is 0 Å². The molecule has 0 aliphatic carbocycles. The third kappa shape index (κ3) is 1.89. The monoisotopic (exact) mass is 258 g/mol. The SMILES string of the molecule is O=c1c(Br)c[nH]cc1[C@H]1COCCN1. The average molecular weight is 259 g/mol. The van der Waals surface area contributed by atoms with Crippen LogP contribution in [0.1, 0.15) is 11.6 Å². The maximum Gasteiger partial charge on any atom is 0.200 e. The molecule has 0 saturated carbocycles. The van der Waals surface area contributed by atoms with Crippen molar-refractivity contribution >= 4 is 15.9 Å². The Balaban J connectivity index is 2.31. The van der Waals surface area contributed by atoms with Crippen molar-refractivity contribution in [3.8, 4) is 0 Å². The second-order valence-corrected chi connectivity index (χ2v) is 4.02. The van der Waals surface area contributed by atoms with Crippen molar-refractivity contribution < 1.29 is 4.74 Å². The van der Waals surface area contributed by atoms with E-state index < -0.39 is 0 Å². The van der Waals surface area contributed by atoms with Gasteiger partial charge in [0, 0.05) is 24.5 Å². The Morgan fingerprint density at radius 1 is 1.50 bits per heavy atom. The van der Waals surface area contributed by atoms with Gasteiger partial charge in [0.2, 0.25) is 5.43 Å². The molecule has 1 aliphatic heterocycles. The molecule has 0 radical (unpaired) electrons. The third-order valence-corrected chi connectivity index (χ3v) is 2.81. The Labute approximate surface area is 89.8 Å². The quantitative estimate of drug-likeness (QED) is 0.784. The molecule has 0 spiro atoms. The highest BCUT2D eigenvalue weighted by Gasteiger charge is 2.18. The highest BCUT2D eigenvalue weighted by atomic mass is 79.9. The molecule has 2 rings (SSSR count). The first kappa shape index (κ1) is 9.89. The number of morpholine rings is 1. The summed E-state index contributed by atoms with van der Waals surface area (Å²) in [5.41, 5.74) is 0.742. The van der Waals surface area contributed by atoms with Gasteiger partial charge in [-0.15, -0.1) is 0 Å². The molecule has 0 unspecified atom stereocenters. The first-order valence-electron chi connectivity index (χ1n) is 4.46. The van der Waals surface area contributed by atoms with Crippen LogP contribution in [-0.2, 0) is 4.74 Å². The first-order valence-corrected chi connectivity index (χ1v) is 5.26. The standard InChI is InChI=1S/C9H11BrN2O2/c10-7-4-11-3-6(9(7)13)8-5-14-2-1-12-8/h3-4,8,12H,1-2,5H2,(H,11,13)/t8-/m1/s1. The van der Waals surface area contributed by atoms with Crippen LogP contribution in [0.3, 0.4) is 0 Å². The predicted octanol–water partition coefficient (Wildman–Crippen LogP) is 0.798. The molecule has 2 N–H and O–H groups in total. The van der Waals surface area contributed by atoms with Gasteiger partial charge in [-0.2, -0.15) is 0 Å². The second kappa shape index (κ2) is 4.25. The van der Waals surface area contributed by atoms with Crippen molar-refractivity contribution in [2.24, 2.45) is 0 Å². The molecule has 1 saturated heterocycles. The molecule has 4 nitrogen and oxygen atoms in total. The van der Waals surface area contributed by atoms with Gasteiger partial charge in [0.05, 0.1) is 23.7 Å². The number of aromatic nitrogens is 1. The lowest BCUT2D eigenvalue weighted by Gasteiger charge is -2.23. The summed E-state index contributed by atoms with van der Waals surface area (Å²) in [4.78, 5) is 14.6. The summed E-state index contributed by atoms with van der Waals surface area (Å²) in [6.45, 7) is 2.05. The van der Waals surface area contributed by atoms with Crippen molar-refractivity contribution in [1.82, 2.24) is 10.3 Å². The van der Waals surface area contributed by atoms with E-state index in [1.807, 2.05) is 0 Å². The number of halogens is 1. The van der Waals surface area contributed by atoms with Crippen LogP contribution in [0.25, 0.3) is 0 Å². The van der Waals surface area contributed by atoms with Crippen molar-refractivity contribution in [3.63, 3.8) is 0 Å². The molecule has 1 aromatic heterocycles. The normalized spacial score (nSPS) is 22.2. The van der Waals surface area contributed by atoms with Crippen LogP contribution < -0.4 is 10.7 Å². The Kier molecular flexibility index (Phi) is 3.00. The molecule has 0 aromatic carbocycles. The molecular formula is C9H11BrN2O2. The summed E-state index contributed by atoms with van der Waals surface area (Å²) in [5, 5.41) is 3.24. The van der Waals surface area contributed by atoms with Crippen LogP contribution in [0.5, 0.6) is 0 Å². The number of aromatic amines is 1. The lowest BCUT2D eigenvalue weighted by molar-refractivity contribution is 0.0764. The van der Waals surface area contributed by atoms with Gasteiger partial charge in [-0.25, -0.2) is 0 Å². The summed E-state index contributed by atoms with van der Waals surface area (Å²) in [6.07, 6.45) is 3.36. The summed E-state index contributed by atoms with van der Waals surface area (Å²) in [7, 11) is 0. The number of nitrogens with one attached hydrogen (secondary N) is 2. The first-order chi connectivity index (χ1) is 6.79. The summed E-state index contributed by atoms with van der Waals surface area (Å²) in [5.74, 6) is 0. The van der Waals surface area contributed by atoms with Crippen molar-refractivity contribution in [3.05, 3.63) is 32.7 Å². The number of hydrogen-bond acceptors (Lipinski definition) is 3. The highest BCUT2D eigenvalue weighted by Crippen LogP contribution is 2.12. The fraction of sp³-hybridized carbons (Fsp3) is 0.444. The molecule has 1 aliphatic rings. The average Bonchev–Trinajstić information content (AvgIpc) is 2.23. The smallest absolute Gasteiger partial charge is 0.200 e. The van der Waals surface area contributed by atoms with Gasteiger partial charge in [0.25, 0.3) is 0 Å². The molecule has 1 fully saturated rings. The topological polar surface area (TPSA) is 54.1 Å². The van der Waals surface area contributed by atoms with Crippen molar-refractivity contribution in [2.45, 2.75) is 6.04 Å². The van der Waals surface area contributed by atoms with Gasteiger partial charge in [-0.05, 0) is 15.9 Å². The lowest BCUT2D eigenvalue weighted by atomic mass is 10.1. The fourth-order valence-electron chi connectivity index (χ4n) is 1.50. The number of rotatable bonds is 1. The summed E-state index contributed by atoms with van der Waals surface area (Å²) >= 11 is 3.20. The van der Waals surface area contributed by atoms with E-state index in [0.717, 1.165) is 12.1 Å². The molecule has 14 heavy (non-hydrogen) atoms. The van der Waals surface area contributed by atoms with Gasteiger partial charge < -0.3 is 15.0 Å². The van der Waals surface area contributed by atoms with Crippen molar-refractivity contribution in [2.75, 3.05) is 19.8 Å². The molecule has 0 bridgehead atoms. The van der Waals surface area contributed by atoms with Crippen molar-refractivity contribution in [1.29, 1.82) is 0 Å². The second-order valence-electron chi connectivity index (χ2n) is 3.17. The minimum absolute atomic E-state index is 0.00463. The Morgan fingerprint density at radius 3 is 3.07 bits per heavy atom. The zero-order chi connectivity index (χ0) is 9.97. The molecule has 1 atom stereocenters. The highest BCUT2D eigenvalue weighted by molar-refractivity contribution is 9.10. The summed E-state index contributed by atoms with van der Waals surface area (Å²) in [6, 6.07) is 0.00463. The minimum atomic E-state index is 0.00463. The Bertz CT molecular complexity index is 371. The number of ether oxygens (including phenoxy) is 1. The minimum Gasteiger partial charge on any atom is -0.378 e. The maximum atomic E-state index is 11.7. The van der Waals surface area contributed by atoms with E-state index in [9.17, 15) is 4.79 Å². The van der Waals surface area contributed by atoms with Gasteiger partial charge in [0.1, 0.15) is 0 Å². The van der Waals surface area contributed by atoms with Crippen LogP contribution in [-0.4, -0.2) is 24.7 Å². The molecule has 0 amide bonds. The van der Waals surface area contributed by atoms with Crippen LogP contribution in [0, 0.1) is 0 Å². The maximum absolute atomic E-state index is 11.7. The predicted molar refractivity (Wildman–Crippen MR) is 56.3 cm³/mol. The molecule has 76 valence electrons. The molecule has 1 aromatic rings. The molecule has 5 heteroatoms. The van der Waals surface area contributed by atoms with Gasteiger partial charge in [-0.3, -0.25) is 4.79 Å². The van der Waals surface area contributed by atoms with Crippen LogP contribution in [0.2, 0.25) is 0 Å². The number of pyridine rings is 1. The molecule has 2 heterocycles. The van der Waals surface area contributed by atoms with E-state index in [2.05, 4.69) is 26.2 Å². The zero-order valence-electron chi connectivity index (χ0n) is 7.55. The number of H-pyrrole nitrogens is 1. The Hall–Kier alpha value is -0.650. The van der Waals surface area contributed by atoms with E-state index in [1.54, 1.807) is 12.4 Å². The fourth-order valence-corrected chi connectivity index (χ4v) is 1.86. The van der Waals surface area contributed by atoms with E-state index in [1.165, 1.54) is 0 Å². The van der Waals surface area contributed by atoms with Crippen LogP contribution in [0.15, 0.2) is 21.7 Å². The van der Waals surface area contributed by atoms with E-state index in [4.69, 9.17) is 4.74 Å². The lowest BCUT2D eigenvalue weighted by Crippen LogP contribution is -2.37. The molecular weight excluding hydrogens is 248 g/mol. The van der Waals surface area contributed by atoms with Crippen LogP contribution in [0.4, 0.5) is 0 Å². The van der Waals surface area contributed by atoms with E-state index in [0.29, 0.717) is 17.7 Å². The Morgan fingerprint density at radius 2 is 2.36 bits per heavy atom. The van der Waals surface area contributed by atoms with Gasteiger partial charge in [0.15, 0.2) is 0 Å².